The number of aryl methyl sites for hydroxylation is 1. The smallest absolute Gasteiger partial charge is 0.239 e. The molecule has 0 aliphatic heterocycles. The second kappa shape index (κ2) is 7.17. The van der Waals surface area contributed by atoms with Gasteiger partial charge in [-0.3, -0.25) is 0 Å². The number of hydrogen-bond acceptors (Lipinski definition) is 4. The number of aliphatic hydroxyl groups is 2. The van der Waals surface area contributed by atoms with Crippen LogP contribution in [0.1, 0.15) is 24.0 Å². The van der Waals surface area contributed by atoms with E-state index in [1.54, 1.807) is 6.08 Å². The zero-order valence-corrected chi connectivity index (χ0v) is 12.7. The number of nitrogens with zero attached hydrogens (tertiary/aromatic N) is 1. The Morgan fingerprint density at radius 2 is 1.81 bits per heavy atom. The lowest BCUT2D eigenvalue weighted by atomic mass is 9.98. The van der Waals surface area contributed by atoms with Crippen molar-refractivity contribution in [3.8, 4) is 0 Å². The summed E-state index contributed by atoms with van der Waals surface area (Å²) in [7, 11) is -3.58. The monoisotopic (exact) mass is 311 g/mol. The molecule has 0 radical (unpaired) electrons. The van der Waals surface area contributed by atoms with Crippen LogP contribution in [0.4, 0.5) is 0 Å². The van der Waals surface area contributed by atoms with Crippen molar-refractivity contribution in [2.75, 3.05) is 26.3 Å². The van der Waals surface area contributed by atoms with Crippen molar-refractivity contribution < 1.29 is 18.6 Å². The zero-order chi connectivity index (χ0) is 15.3. The number of fused-ring (bicyclic) bond motifs is 1. The Morgan fingerprint density at radius 1 is 1.05 bits per heavy atom. The maximum Gasteiger partial charge on any atom is 0.239 e. The van der Waals surface area contributed by atoms with Crippen molar-refractivity contribution in [2.45, 2.75) is 19.3 Å². The molecule has 116 valence electrons. The predicted molar refractivity (Wildman–Crippen MR) is 82.0 cm³/mol. The fourth-order valence-electron chi connectivity index (χ4n) is 2.49. The lowest BCUT2D eigenvalue weighted by molar-refractivity contribution is 0.234. The van der Waals surface area contributed by atoms with Crippen molar-refractivity contribution in [2.24, 2.45) is 0 Å². The van der Waals surface area contributed by atoms with Crippen LogP contribution in [0.25, 0.3) is 6.08 Å². The second-order valence-electron chi connectivity index (χ2n) is 5.01. The van der Waals surface area contributed by atoms with Crippen molar-refractivity contribution in [1.29, 1.82) is 0 Å². The van der Waals surface area contributed by atoms with Gasteiger partial charge in [-0.1, -0.05) is 24.3 Å². The summed E-state index contributed by atoms with van der Waals surface area (Å²) >= 11 is 0. The molecule has 0 atom stereocenters. The quantitative estimate of drug-likeness (QED) is 0.787. The third-order valence-corrected chi connectivity index (χ3v) is 5.63. The molecule has 0 saturated carbocycles. The first-order valence-electron chi connectivity index (χ1n) is 7.10. The number of sulfonamides is 1. The van der Waals surface area contributed by atoms with E-state index in [1.165, 1.54) is 4.31 Å². The number of benzene rings is 1. The lowest BCUT2D eigenvalue weighted by Crippen LogP contribution is -2.36. The first kappa shape index (κ1) is 16.2. The summed E-state index contributed by atoms with van der Waals surface area (Å²) in [6, 6.07) is 7.76. The van der Waals surface area contributed by atoms with Crippen LogP contribution in [0.5, 0.6) is 0 Å². The normalized spacial score (nSPS) is 14.9. The summed E-state index contributed by atoms with van der Waals surface area (Å²) < 4.78 is 26.6. The molecule has 2 rings (SSSR count). The number of rotatable bonds is 7. The summed E-state index contributed by atoms with van der Waals surface area (Å²) in [5, 5.41) is 18.0. The Morgan fingerprint density at radius 3 is 2.52 bits per heavy atom. The minimum Gasteiger partial charge on any atom is -0.396 e. The van der Waals surface area contributed by atoms with Crippen LogP contribution in [-0.4, -0.2) is 49.2 Å². The Bertz CT molecular complexity index is 610. The van der Waals surface area contributed by atoms with E-state index >= 15 is 0 Å². The van der Waals surface area contributed by atoms with Gasteiger partial charge in [-0.05, 0) is 36.5 Å². The Kier molecular flexibility index (Phi) is 5.52. The van der Waals surface area contributed by atoms with Crippen LogP contribution in [-0.2, 0) is 16.4 Å². The molecule has 0 saturated heterocycles. The molecule has 0 amide bonds. The van der Waals surface area contributed by atoms with Crippen LogP contribution < -0.4 is 0 Å². The highest BCUT2D eigenvalue weighted by Crippen LogP contribution is 2.28. The molecule has 1 aromatic carbocycles. The first-order chi connectivity index (χ1) is 10.1. The molecular formula is C15H21NO4S. The van der Waals surface area contributed by atoms with Crippen LogP contribution in [0, 0.1) is 0 Å². The van der Waals surface area contributed by atoms with E-state index in [1.807, 2.05) is 24.3 Å². The summed E-state index contributed by atoms with van der Waals surface area (Å²) in [6.07, 6.45) is 3.26. The molecule has 0 heterocycles. The van der Waals surface area contributed by atoms with Crippen LogP contribution >= 0.6 is 0 Å². The van der Waals surface area contributed by atoms with E-state index in [4.69, 9.17) is 10.2 Å². The molecular weight excluding hydrogens is 290 g/mol. The number of aliphatic hydroxyl groups excluding tert-OH is 2. The third-order valence-electron chi connectivity index (χ3n) is 3.60. The van der Waals surface area contributed by atoms with Crippen LogP contribution in [0.3, 0.4) is 0 Å². The fraction of sp³-hybridized carbons (Fsp3) is 0.467. The van der Waals surface area contributed by atoms with Gasteiger partial charge in [0.05, 0.1) is 11.5 Å². The highest BCUT2D eigenvalue weighted by atomic mass is 32.2. The summed E-state index contributed by atoms with van der Waals surface area (Å²) in [5.41, 5.74) is 2.09. The molecule has 1 aliphatic rings. The van der Waals surface area contributed by atoms with Crippen molar-refractivity contribution in [1.82, 2.24) is 4.31 Å². The van der Waals surface area contributed by atoms with E-state index in [-0.39, 0.29) is 26.3 Å². The minimum absolute atomic E-state index is 0.0569. The standard InChI is InChI=1S/C15H21NO4S/c17-10-3-8-16(9-11-18)21(19,20)15-7-6-13-4-1-2-5-14(13)12-15/h1-2,4-5,12,17-18H,3,6-11H2. The van der Waals surface area contributed by atoms with Gasteiger partial charge in [-0.15, -0.1) is 0 Å². The Labute approximate surface area is 125 Å². The van der Waals surface area contributed by atoms with Gasteiger partial charge in [0, 0.05) is 19.7 Å². The average molecular weight is 311 g/mol. The molecule has 0 fully saturated rings. The van der Waals surface area contributed by atoms with E-state index in [2.05, 4.69) is 0 Å². The molecule has 0 unspecified atom stereocenters. The number of hydrogen-bond donors (Lipinski definition) is 2. The van der Waals surface area contributed by atoms with Crippen molar-refractivity contribution in [3.05, 3.63) is 40.3 Å². The average Bonchev–Trinajstić information content (AvgIpc) is 2.50. The molecule has 0 aromatic heterocycles. The maximum atomic E-state index is 12.7. The Hall–Kier alpha value is -1.21. The van der Waals surface area contributed by atoms with E-state index in [0.717, 1.165) is 11.1 Å². The zero-order valence-electron chi connectivity index (χ0n) is 11.9. The van der Waals surface area contributed by atoms with Crippen molar-refractivity contribution in [3.63, 3.8) is 0 Å². The van der Waals surface area contributed by atoms with Gasteiger partial charge in [0.25, 0.3) is 0 Å². The molecule has 0 spiro atoms. The van der Waals surface area contributed by atoms with Crippen LogP contribution in [0.2, 0.25) is 0 Å². The molecule has 1 aromatic rings. The van der Waals surface area contributed by atoms with Gasteiger partial charge in [-0.25, -0.2) is 8.42 Å². The molecule has 0 bridgehead atoms. The van der Waals surface area contributed by atoms with Gasteiger partial charge in [0.2, 0.25) is 10.0 Å². The van der Waals surface area contributed by atoms with Gasteiger partial charge in [0.1, 0.15) is 0 Å². The van der Waals surface area contributed by atoms with E-state index in [0.29, 0.717) is 24.2 Å². The van der Waals surface area contributed by atoms with Gasteiger partial charge in [-0.2, -0.15) is 4.31 Å². The molecule has 5 nitrogen and oxygen atoms in total. The minimum atomic E-state index is -3.58. The third kappa shape index (κ3) is 3.71. The fourth-order valence-corrected chi connectivity index (χ4v) is 4.15. The summed E-state index contributed by atoms with van der Waals surface area (Å²) in [4.78, 5) is 0.382. The molecule has 1 aliphatic carbocycles. The molecule has 21 heavy (non-hydrogen) atoms. The number of allylic oxidation sites excluding steroid dienone is 1. The largest absolute Gasteiger partial charge is 0.396 e. The van der Waals surface area contributed by atoms with Gasteiger partial charge >= 0.3 is 0 Å². The first-order valence-corrected chi connectivity index (χ1v) is 8.54. The van der Waals surface area contributed by atoms with Crippen LogP contribution in [0.15, 0.2) is 29.2 Å². The topological polar surface area (TPSA) is 77.8 Å². The molecule has 2 N–H and O–H groups in total. The lowest BCUT2D eigenvalue weighted by Gasteiger charge is -2.24. The Balaban J connectivity index is 2.28. The van der Waals surface area contributed by atoms with Crippen molar-refractivity contribution >= 4 is 16.1 Å². The highest BCUT2D eigenvalue weighted by Gasteiger charge is 2.27. The highest BCUT2D eigenvalue weighted by molar-refractivity contribution is 7.93. The summed E-state index contributed by atoms with van der Waals surface area (Å²) in [5.74, 6) is 0. The molecule has 6 heteroatoms. The van der Waals surface area contributed by atoms with Gasteiger partial charge < -0.3 is 10.2 Å². The van der Waals surface area contributed by atoms with Gasteiger partial charge in [0.15, 0.2) is 0 Å². The summed E-state index contributed by atoms with van der Waals surface area (Å²) in [6.45, 7) is -0.0203. The van der Waals surface area contributed by atoms with E-state index in [9.17, 15) is 8.42 Å². The predicted octanol–water partition coefficient (Wildman–Crippen LogP) is 0.980. The second-order valence-corrected chi connectivity index (χ2v) is 7.01. The SMILES string of the molecule is O=S(=O)(C1=Cc2ccccc2CC1)N(CCO)CCCO. The maximum absolute atomic E-state index is 12.7. The van der Waals surface area contributed by atoms with E-state index < -0.39 is 10.0 Å².